The molecule has 0 aliphatic carbocycles. The van der Waals surface area contributed by atoms with Crippen molar-refractivity contribution in [2.45, 2.75) is 31.9 Å². The van der Waals surface area contributed by atoms with Gasteiger partial charge in [-0.15, -0.1) is 0 Å². The molecule has 0 spiro atoms. The van der Waals surface area contributed by atoms with Crippen molar-refractivity contribution in [1.82, 2.24) is 4.90 Å². The summed E-state index contributed by atoms with van der Waals surface area (Å²) in [7, 11) is 1.64. The Labute approximate surface area is 126 Å². The molecule has 0 amide bonds. The predicted octanol–water partition coefficient (Wildman–Crippen LogP) is 1.35. The fraction of sp³-hybridized carbons (Fsp3) is 0.529. The molecule has 1 aromatic rings. The second kappa shape index (κ2) is 6.95. The van der Waals surface area contributed by atoms with E-state index in [9.17, 15) is 5.11 Å². The summed E-state index contributed by atoms with van der Waals surface area (Å²) in [5.74, 6) is 6.69. The zero-order valence-electron chi connectivity index (χ0n) is 12.9. The Morgan fingerprint density at radius 3 is 2.95 bits per heavy atom. The Morgan fingerprint density at radius 2 is 2.29 bits per heavy atom. The van der Waals surface area contributed by atoms with Crippen LogP contribution in [0.25, 0.3) is 0 Å². The number of rotatable bonds is 3. The number of nitrogens with zero attached hydrogens (tertiary/aromatic N) is 1. The van der Waals surface area contributed by atoms with Crippen LogP contribution in [-0.2, 0) is 6.54 Å². The fourth-order valence-electron chi connectivity index (χ4n) is 2.81. The summed E-state index contributed by atoms with van der Waals surface area (Å²) < 4.78 is 5.32. The number of benzene rings is 1. The van der Waals surface area contributed by atoms with Crippen LogP contribution in [0.5, 0.6) is 5.75 Å². The Bertz CT molecular complexity index is 543. The van der Waals surface area contributed by atoms with E-state index < -0.39 is 5.60 Å². The molecule has 1 aliphatic heterocycles. The molecule has 1 atom stereocenters. The summed E-state index contributed by atoms with van der Waals surface area (Å²) >= 11 is 0. The Balaban J connectivity index is 2.13. The molecule has 2 rings (SSSR count). The maximum absolute atomic E-state index is 10.2. The van der Waals surface area contributed by atoms with Crippen molar-refractivity contribution in [1.29, 1.82) is 0 Å². The van der Waals surface area contributed by atoms with Gasteiger partial charge in [0.15, 0.2) is 0 Å². The molecule has 1 unspecified atom stereocenters. The van der Waals surface area contributed by atoms with Crippen LogP contribution in [0.15, 0.2) is 18.2 Å². The average molecular weight is 288 g/mol. The molecule has 21 heavy (non-hydrogen) atoms. The molecular formula is C17H24N2O2. The number of likely N-dealkylation sites (tertiary alicyclic amines) is 1. The first-order valence-corrected chi connectivity index (χ1v) is 7.35. The first-order chi connectivity index (χ1) is 10.0. The fourth-order valence-corrected chi connectivity index (χ4v) is 2.81. The number of aliphatic hydroxyl groups is 1. The topological polar surface area (TPSA) is 58.7 Å². The van der Waals surface area contributed by atoms with E-state index in [4.69, 9.17) is 10.5 Å². The number of β-amino-alcohol motifs (C(OH)–C–C–N with tert-alkyl or cyclic N) is 1. The quantitative estimate of drug-likeness (QED) is 0.824. The summed E-state index contributed by atoms with van der Waals surface area (Å²) in [6.45, 7) is 4.79. The molecule has 1 fully saturated rings. The van der Waals surface area contributed by atoms with E-state index >= 15 is 0 Å². The average Bonchev–Trinajstić information content (AvgIpc) is 2.44. The molecule has 1 heterocycles. The van der Waals surface area contributed by atoms with E-state index in [1.807, 2.05) is 19.1 Å². The Kier molecular flexibility index (Phi) is 5.24. The molecular weight excluding hydrogens is 264 g/mol. The largest absolute Gasteiger partial charge is 0.495 e. The number of hydrogen-bond donors (Lipinski definition) is 2. The molecule has 1 aromatic carbocycles. The summed E-state index contributed by atoms with van der Waals surface area (Å²) in [6, 6.07) is 6.04. The predicted molar refractivity (Wildman–Crippen MR) is 84.1 cm³/mol. The number of ether oxygens (including phenoxy) is 1. The number of methoxy groups -OCH3 is 1. The van der Waals surface area contributed by atoms with Crippen molar-refractivity contribution < 1.29 is 9.84 Å². The highest BCUT2D eigenvalue weighted by atomic mass is 16.5. The second-order valence-electron chi connectivity index (χ2n) is 5.85. The Morgan fingerprint density at radius 1 is 1.48 bits per heavy atom. The van der Waals surface area contributed by atoms with Gasteiger partial charge >= 0.3 is 0 Å². The van der Waals surface area contributed by atoms with Crippen LogP contribution in [0, 0.1) is 11.8 Å². The van der Waals surface area contributed by atoms with Gasteiger partial charge in [-0.1, -0.05) is 17.9 Å². The van der Waals surface area contributed by atoms with Gasteiger partial charge in [-0.05, 0) is 44.0 Å². The van der Waals surface area contributed by atoms with Crippen LogP contribution in [0.3, 0.4) is 0 Å². The van der Waals surface area contributed by atoms with E-state index in [2.05, 4.69) is 22.8 Å². The third-order valence-electron chi connectivity index (χ3n) is 3.75. The van der Waals surface area contributed by atoms with E-state index in [0.29, 0.717) is 13.1 Å². The van der Waals surface area contributed by atoms with Crippen molar-refractivity contribution in [3.8, 4) is 17.6 Å². The molecule has 0 saturated carbocycles. The smallest absolute Gasteiger partial charge is 0.134 e. The minimum absolute atomic E-state index is 0.336. The van der Waals surface area contributed by atoms with Crippen LogP contribution in [0.1, 0.15) is 30.9 Å². The normalized spacial score (nSPS) is 22.5. The van der Waals surface area contributed by atoms with Gasteiger partial charge < -0.3 is 15.6 Å². The molecule has 4 heteroatoms. The van der Waals surface area contributed by atoms with Crippen molar-refractivity contribution in [3.05, 3.63) is 29.3 Å². The van der Waals surface area contributed by atoms with Crippen molar-refractivity contribution >= 4 is 0 Å². The summed E-state index contributed by atoms with van der Waals surface area (Å²) in [6.07, 6.45) is 1.91. The molecule has 0 bridgehead atoms. The van der Waals surface area contributed by atoms with Crippen LogP contribution in [-0.4, -0.2) is 42.4 Å². The summed E-state index contributed by atoms with van der Waals surface area (Å²) in [5, 5.41) is 10.2. The van der Waals surface area contributed by atoms with Gasteiger partial charge in [0.1, 0.15) is 5.75 Å². The monoisotopic (exact) mass is 288 g/mol. The lowest BCUT2D eigenvalue weighted by molar-refractivity contribution is -0.0181. The van der Waals surface area contributed by atoms with Gasteiger partial charge in [0.25, 0.3) is 0 Å². The van der Waals surface area contributed by atoms with E-state index in [-0.39, 0.29) is 0 Å². The van der Waals surface area contributed by atoms with Gasteiger partial charge in [0.2, 0.25) is 0 Å². The van der Waals surface area contributed by atoms with Gasteiger partial charge in [-0.3, -0.25) is 4.90 Å². The summed E-state index contributed by atoms with van der Waals surface area (Å²) in [4.78, 5) is 2.28. The lowest BCUT2D eigenvalue weighted by atomic mass is 9.95. The van der Waals surface area contributed by atoms with Crippen molar-refractivity contribution in [2.24, 2.45) is 5.73 Å². The van der Waals surface area contributed by atoms with Gasteiger partial charge in [0, 0.05) is 13.1 Å². The van der Waals surface area contributed by atoms with Crippen LogP contribution >= 0.6 is 0 Å². The molecule has 1 saturated heterocycles. The lowest BCUT2D eigenvalue weighted by Gasteiger charge is -2.36. The molecule has 3 N–H and O–H groups in total. The van der Waals surface area contributed by atoms with Gasteiger partial charge in [-0.2, -0.15) is 0 Å². The molecule has 1 aliphatic rings. The highest BCUT2D eigenvalue weighted by Gasteiger charge is 2.28. The van der Waals surface area contributed by atoms with E-state index in [1.165, 1.54) is 5.56 Å². The van der Waals surface area contributed by atoms with Gasteiger partial charge in [0.05, 0.1) is 24.8 Å². The number of piperidine rings is 1. The summed E-state index contributed by atoms with van der Waals surface area (Å²) in [5.41, 5.74) is 6.90. The molecule has 0 radical (unpaired) electrons. The number of nitrogens with two attached hydrogens (primary N) is 1. The van der Waals surface area contributed by atoms with E-state index in [1.54, 1.807) is 7.11 Å². The van der Waals surface area contributed by atoms with Gasteiger partial charge in [-0.25, -0.2) is 0 Å². The first kappa shape index (κ1) is 15.8. The highest BCUT2D eigenvalue weighted by Crippen LogP contribution is 2.24. The maximum atomic E-state index is 10.2. The Hall–Kier alpha value is -1.54. The first-order valence-electron chi connectivity index (χ1n) is 7.35. The van der Waals surface area contributed by atoms with Crippen molar-refractivity contribution in [2.75, 3.05) is 26.7 Å². The minimum Gasteiger partial charge on any atom is -0.495 e. The number of hydrogen-bond acceptors (Lipinski definition) is 4. The molecule has 114 valence electrons. The lowest BCUT2D eigenvalue weighted by Crippen LogP contribution is -2.45. The standard InChI is InChI=1S/C17H24N2O2/c1-17(20)8-4-10-19(13-17)12-14-6-7-16(21-2)15(11-14)5-3-9-18/h6-7,11,20H,4,8-10,12-13,18H2,1-2H3. The molecule has 4 nitrogen and oxygen atoms in total. The van der Waals surface area contributed by atoms with Crippen molar-refractivity contribution in [3.63, 3.8) is 0 Å². The minimum atomic E-state index is -0.576. The SMILES string of the molecule is COc1ccc(CN2CCCC(C)(O)C2)cc1C#CCN. The van der Waals surface area contributed by atoms with Crippen LogP contribution in [0.4, 0.5) is 0 Å². The molecule has 0 aromatic heterocycles. The van der Waals surface area contributed by atoms with Crippen LogP contribution < -0.4 is 10.5 Å². The zero-order chi connectivity index (χ0) is 15.3. The second-order valence-corrected chi connectivity index (χ2v) is 5.85. The third kappa shape index (κ3) is 4.47. The van der Waals surface area contributed by atoms with E-state index in [0.717, 1.165) is 37.2 Å². The van der Waals surface area contributed by atoms with Crippen LogP contribution in [0.2, 0.25) is 0 Å². The highest BCUT2D eigenvalue weighted by molar-refractivity contribution is 5.48. The maximum Gasteiger partial charge on any atom is 0.134 e. The zero-order valence-corrected chi connectivity index (χ0v) is 12.9. The third-order valence-corrected chi connectivity index (χ3v) is 3.75.